The lowest BCUT2D eigenvalue weighted by molar-refractivity contribution is -0.302. The van der Waals surface area contributed by atoms with Crippen LogP contribution in [0.3, 0.4) is 0 Å². The number of carbonyl (C=O) groups excluding carboxylic acids is 1. The van der Waals surface area contributed by atoms with Gasteiger partial charge in [-0.2, -0.15) is 0 Å². The predicted molar refractivity (Wildman–Crippen MR) is 175 cm³/mol. The number of ether oxygens (including phenoxy) is 2. The standard InChI is InChI=1S/C35H63NO8/c1-3-5-7-9-10-11-12-13-14-15-16-17-18-19-20-21-23-25-31(39)36-28(29(38)24-22-8-6-4-2)27-43-35-34(42)33(41)32(40)30(26-37)44-35/h10-11,13-14,22,24,28-30,32-35,37-38,40-42H,3-9,12,15-21,23,25-27H2,1-2H3,(H,36,39)/b11-10-,14-13-,24-22+. The second-order valence-electron chi connectivity index (χ2n) is 12.0. The van der Waals surface area contributed by atoms with Crippen LogP contribution in [0, 0.1) is 0 Å². The molecule has 0 aliphatic carbocycles. The molecule has 1 saturated heterocycles. The van der Waals surface area contributed by atoms with Crippen molar-refractivity contribution < 1.29 is 39.8 Å². The Bertz CT molecular complexity index is 787. The molecule has 1 amide bonds. The van der Waals surface area contributed by atoms with Crippen molar-refractivity contribution in [1.82, 2.24) is 5.32 Å². The van der Waals surface area contributed by atoms with Crippen molar-refractivity contribution in [3.05, 3.63) is 36.5 Å². The Kier molecular flexibility index (Phi) is 24.5. The molecule has 7 atom stereocenters. The summed E-state index contributed by atoms with van der Waals surface area (Å²) in [5, 5.41) is 53.3. The van der Waals surface area contributed by atoms with E-state index in [4.69, 9.17) is 9.47 Å². The van der Waals surface area contributed by atoms with E-state index in [0.717, 1.165) is 57.8 Å². The summed E-state index contributed by atoms with van der Waals surface area (Å²) < 4.78 is 11.0. The molecule has 0 aromatic carbocycles. The van der Waals surface area contributed by atoms with Crippen LogP contribution >= 0.6 is 0 Å². The smallest absolute Gasteiger partial charge is 0.220 e. The maximum absolute atomic E-state index is 12.7. The number of unbranched alkanes of at least 4 members (excludes halogenated alkanes) is 12. The minimum Gasteiger partial charge on any atom is -0.394 e. The van der Waals surface area contributed by atoms with Crippen LogP contribution in [-0.4, -0.2) is 87.5 Å². The Morgan fingerprint density at radius 2 is 1.36 bits per heavy atom. The molecular formula is C35H63NO8. The van der Waals surface area contributed by atoms with Crippen molar-refractivity contribution in [3.8, 4) is 0 Å². The summed E-state index contributed by atoms with van der Waals surface area (Å²) in [6, 6.07) is -0.802. The highest BCUT2D eigenvalue weighted by molar-refractivity contribution is 5.76. The van der Waals surface area contributed by atoms with Gasteiger partial charge < -0.3 is 40.3 Å². The molecule has 1 fully saturated rings. The second kappa shape index (κ2) is 26.6. The van der Waals surface area contributed by atoms with E-state index >= 15 is 0 Å². The molecule has 0 aromatic heterocycles. The van der Waals surface area contributed by atoms with Crippen molar-refractivity contribution >= 4 is 5.91 Å². The van der Waals surface area contributed by atoms with E-state index in [-0.39, 0.29) is 12.5 Å². The van der Waals surface area contributed by atoms with Crippen LogP contribution in [0.15, 0.2) is 36.5 Å². The van der Waals surface area contributed by atoms with Crippen LogP contribution in [-0.2, 0) is 14.3 Å². The monoisotopic (exact) mass is 625 g/mol. The number of rotatable bonds is 26. The van der Waals surface area contributed by atoms with Gasteiger partial charge in [0.05, 0.1) is 25.4 Å². The van der Waals surface area contributed by atoms with E-state index in [2.05, 4.69) is 43.5 Å². The number of amides is 1. The zero-order chi connectivity index (χ0) is 32.4. The lowest BCUT2D eigenvalue weighted by Crippen LogP contribution is -2.60. The molecule has 1 aliphatic rings. The average molecular weight is 626 g/mol. The fourth-order valence-electron chi connectivity index (χ4n) is 5.05. The molecule has 0 aromatic rings. The third-order valence-corrected chi connectivity index (χ3v) is 7.96. The van der Waals surface area contributed by atoms with Gasteiger partial charge in [0.15, 0.2) is 6.29 Å². The number of aliphatic hydroxyl groups is 5. The fourth-order valence-corrected chi connectivity index (χ4v) is 5.05. The Hall–Kier alpha value is -1.59. The minimum absolute atomic E-state index is 0.196. The summed E-state index contributed by atoms with van der Waals surface area (Å²) in [6.45, 7) is 3.55. The first-order valence-corrected chi connectivity index (χ1v) is 17.2. The highest BCUT2D eigenvalue weighted by atomic mass is 16.7. The molecule has 0 saturated carbocycles. The number of carbonyl (C=O) groups is 1. The zero-order valence-electron chi connectivity index (χ0n) is 27.4. The lowest BCUT2D eigenvalue weighted by Gasteiger charge is -2.40. The van der Waals surface area contributed by atoms with Gasteiger partial charge >= 0.3 is 0 Å². The summed E-state index contributed by atoms with van der Waals surface area (Å²) in [6.07, 6.45) is 22.5. The number of hydrogen-bond donors (Lipinski definition) is 6. The van der Waals surface area contributed by atoms with Crippen LogP contribution in [0.2, 0.25) is 0 Å². The third-order valence-electron chi connectivity index (χ3n) is 7.96. The maximum atomic E-state index is 12.7. The van der Waals surface area contributed by atoms with Gasteiger partial charge in [-0.15, -0.1) is 0 Å². The molecule has 0 spiro atoms. The van der Waals surface area contributed by atoms with Crippen LogP contribution in [0.4, 0.5) is 0 Å². The van der Waals surface area contributed by atoms with Gasteiger partial charge in [0, 0.05) is 6.42 Å². The van der Waals surface area contributed by atoms with Crippen LogP contribution in [0.1, 0.15) is 123 Å². The number of hydrogen-bond acceptors (Lipinski definition) is 8. The third kappa shape index (κ3) is 18.4. The van der Waals surface area contributed by atoms with Crippen LogP contribution in [0.25, 0.3) is 0 Å². The van der Waals surface area contributed by atoms with Crippen molar-refractivity contribution in [2.75, 3.05) is 13.2 Å². The number of allylic oxidation sites excluding steroid dienone is 5. The Morgan fingerprint density at radius 3 is 2.00 bits per heavy atom. The minimum atomic E-state index is -1.56. The molecule has 44 heavy (non-hydrogen) atoms. The second-order valence-corrected chi connectivity index (χ2v) is 12.0. The molecule has 9 nitrogen and oxygen atoms in total. The summed E-state index contributed by atoms with van der Waals surface area (Å²) >= 11 is 0. The normalized spacial score (nSPS) is 24.0. The van der Waals surface area contributed by atoms with Crippen molar-refractivity contribution in [2.45, 2.75) is 166 Å². The number of aliphatic hydroxyl groups excluding tert-OH is 5. The van der Waals surface area contributed by atoms with Crippen molar-refractivity contribution in [2.24, 2.45) is 0 Å². The molecular weight excluding hydrogens is 562 g/mol. The molecule has 9 heteroatoms. The summed E-state index contributed by atoms with van der Waals surface area (Å²) in [7, 11) is 0. The van der Waals surface area contributed by atoms with Gasteiger partial charge in [0.1, 0.15) is 24.4 Å². The van der Waals surface area contributed by atoms with Gasteiger partial charge in [-0.1, -0.05) is 108 Å². The Balaban J connectivity index is 2.33. The predicted octanol–water partition coefficient (Wildman–Crippen LogP) is 4.99. The first kappa shape index (κ1) is 40.4. The van der Waals surface area contributed by atoms with Gasteiger partial charge in [-0.3, -0.25) is 4.79 Å². The van der Waals surface area contributed by atoms with E-state index in [0.29, 0.717) is 6.42 Å². The molecule has 0 radical (unpaired) electrons. The highest BCUT2D eigenvalue weighted by Crippen LogP contribution is 2.22. The zero-order valence-corrected chi connectivity index (χ0v) is 27.4. The SMILES string of the molecule is CCCC/C=C/C(O)C(COC1OC(CO)C(O)C(O)C1O)NC(=O)CCCCCCCCC/C=C\C/C=C\CCCCC. The van der Waals surface area contributed by atoms with Gasteiger partial charge in [-0.05, 0) is 44.9 Å². The number of nitrogens with one attached hydrogen (secondary N) is 1. The fraction of sp³-hybridized carbons (Fsp3) is 0.800. The summed E-state index contributed by atoms with van der Waals surface area (Å²) in [5.74, 6) is -0.198. The van der Waals surface area contributed by atoms with Crippen LogP contribution in [0.5, 0.6) is 0 Å². The highest BCUT2D eigenvalue weighted by Gasteiger charge is 2.44. The Morgan fingerprint density at radius 1 is 0.773 bits per heavy atom. The lowest BCUT2D eigenvalue weighted by atomic mass is 9.99. The first-order valence-electron chi connectivity index (χ1n) is 17.2. The van der Waals surface area contributed by atoms with Crippen molar-refractivity contribution in [3.63, 3.8) is 0 Å². The molecule has 0 bridgehead atoms. The van der Waals surface area contributed by atoms with Gasteiger partial charge in [0.2, 0.25) is 5.91 Å². The van der Waals surface area contributed by atoms with E-state index < -0.39 is 49.5 Å². The van der Waals surface area contributed by atoms with E-state index in [1.165, 1.54) is 44.9 Å². The average Bonchev–Trinajstić information content (AvgIpc) is 3.02. The molecule has 1 rings (SSSR count). The van der Waals surface area contributed by atoms with Crippen LogP contribution < -0.4 is 5.32 Å². The summed E-state index contributed by atoms with van der Waals surface area (Å²) in [5.41, 5.74) is 0. The van der Waals surface area contributed by atoms with E-state index in [9.17, 15) is 30.3 Å². The van der Waals surface area contributed by atoms with Gasteiger partial charge in [-0.25, -0.2) is 0 Å². The Labute approximate surface area is 266 Å². The molecule has 1 heterocycles. The molecule has 6 N–H and O–H groups in total. The molecule has 7 unspecified atom stereocenters. The quantitative estimate of drug-likeness (QED) is 0.0582. The maximum Gasteiger partial charge on any atom is 0.220 e. The largest absolute Gasteiger partial charge is 0.394 e. The first-order chi connectivity index (χ1) is 21.3. The summed E-state index contributed by atoms with van der Waals surface area (Å²) in [4.78, 5) is 12.7. The topological polar surface area (TPSA) is 149 Å². The molecule has 256 valence electrons. The molecule has 1 aliphatic heterocycles. The van der Waals surface area contributed by atoms with E-state index in [1.807, 2.05) is 6.08 Å². The van der Waals surface area contributed by atoms with Gasteiger partial charge in [0.25, 0.3) is 0 Å². The van der Waals surface area contributed by atoms with E-state index in [1.54, 1.807) is 6.08 Å². The van der Waals surface area contributed by atoms with Crippen molar-refractivity contribution in [1.29, 1.82) is 0 Å².